The van der Waals surface area contributed by atoms with Crippen LogP contribution in [-0.4, -0.2) is 18.2 Å². The van der Waals surface area contributed by atoms with Crippen molar-refractivity contribution in [3.8, 4) is 5.75 Å². The Morgan fingerprint density at radius 1 is 1.43 bits per heavy atom. The molecule has 0 aromatic heterocycles. The normalized spacial score (nSPS) is 22.1. The lowest BCUT2D eigenvalue weighted by Gasteiger charge is -2.22. The van der Waals surface area contributed by atoms with Crippen LogP contribution in [0, 0.1) is 5.92 Å². The predicted molar refractivity (Wildman–Crippen MR) is 57.4 cm³/mol. The van der Waals surface area contributed by atoms with Gasteiger partial charge in [0, 0.05) is 0 Å². The molecule has 0 saturated carbocycles. The van der Waals surface area contributed by atoms with Crippen molar-refractivity contribution in [3.63, 3.8) is 0 Å². The van der Waals surface area contributed by atoms with E-state index in [2.05, 4.69) is 11.4 Å². The third-order valence-electron chi connectivity index (χ3n) is 2.83. The van der Waals surface area contributed by atoms with E-state index in [1.54, 1.807) is 6.07 Å². The Bertz CT molecular complexity index is 292. The highest BCUT2D eigenvalue weighted by atomic mass is 16.3. The van der Waals surface area contributed by atoms with E-state index in [1.165, 1.54) is 18.4 Å². The molecule has 0 spiro atoms. The minimum atomic E-state index is 0.381. The molecule has 0 radical (unpaired) electrons. The van der Waals surface area contributed by atoms with Crippen molar-refractivity contribution in [2.24, 2.45) is 5.92 Å². The second kappa shape index (κ2) is 4.47. The molecule has 0 bridgehead atoms. The number of hydrogen-bond acceptors (Lipinski definition) is 2. The lowest BCUT2D eigenvalue weighted by atomic mass is 9.92. The Morgan fingerprint density at radius 2 is 2.36 bits per heavy atom. The summed E-state index contributed by atoms with van der Waals surface area (Å²) in [7, 11) is 0. The lowest BCUT2D eigenvalue weighted by Crippen LogP contribution is -2.30. The smallest absolute Gasteiger partial charge is 0.115 e. The highest BCUT2D eigenvalue weighted by Gasteiger charge is 2.13. The van der Waals surface area contributed by atoms with Crippen molar-refractivity contribution >= 4 is 0 Å². The maximum absolute atomic E-state index is 9.33. The molecular formula is C12H17NO. The quantitative estimate of drug-likeness (QED) is 0.748. The van der Waals surface area contributed by atoms with Crippen LogP contribution in [0.15, 0.2) is 24.3 Å². The highest BCUT2D eigenvalue weighted by molar-refractivity contribution is 5.27. The van der Waals surface area contributed by atoms with Crippen molar-refractivity contribution < 1.29 is 5.11 Å². The molecule has 0 amide bonds. The van der Waals surface area contributed by atoms with Gasteiger partial charge < -0.3 is 10.4 Å². The maximum Gasteiger partial charge on any atom is 0.115 e. The molecule has 2 N–H and O–H groups in total. The summed E-state index contributed by atoms with van der Waals surface area (Å²) in [6.07, 6.45) is 3.67. The minimum Gasteiger partial charge on any atom is -0.508 e. The van der Waals surface area contributed by atoms with Gasteiger partial charge in [0.15, 0.2) is 0 Å². The number of rotatable bonds is 2. The molecule has 1 aromatic carbocycles. The topological polar surface area (TPSA) is 32.3 Å². The highest BCUT2D eigenvalue weighted by Crippen LogP contribution is 2.18. The molecule has 14 heavy (non-hydrogen) atoms. The molecular weight excluding hydrogens is 174 g/mol. The molecule has 1 saturated heterocycles. The Labute approximate surface area is 85.0 Å². The van der Waals surface area contributed by atoms with Crippen molar-refractivity contribution in [2.45, 2.75) is 19.3 Å². The van der Waals surface area contributed by atoms with E-state index in [0.717, 1.165) is 25.4 Å². The van der Waals surface area contributed by atoms with Gasteiger partial charge in [-0.2, -0.15) is 0 Å². The molecule has 1 atom stereocenters. The van der Waals surface area contributed by atoms with E-state index < -0.39 is 0 Å². The molecule has 76 valence electrons. The second-order valence-electron chi connectivity index (χ2n) is 4.09. The molecule has 1 aliphatic rings. The van der Waals surface area contributed by atoms with Crippen LogP contribution in [0.5, 0.6) is 5.75 Å². The van der Waals surface area contributed by atoms with Gasteiger partial charge in [-0.25, -0.2) is 0 Å². The average molecular weight is 191 g/mol. The van der Waals surface area contributed by atoms with Crippen LogP contribution >= 0.6 is 0 Å². The molecule has 0 aliphatic carbocycles. The number of hydrogen-bond donors (Lipinski definition) is 2. The summed E-state index contributed by atoms with van der Waals surface area (Å²) >= 11 is 0. The summed E-state index contributed by atoms with van der Waals surface area (Å²) in [4.78, 5) is 0. The van der Waals surface area contributed by atoms with Gasteiger partial charge in [-0.1, -0.05) is 12.1 Å². The Hall–Kier alpha value is -1.02. The number of aromatic hydroxyl groups is 1. The summed E-state index contributed by atoms with van der Waals surface area (Å²) < 4.78 is 0. The zero-order valence-corrected chi connectivity index (χ0v) is 8.37. The Morgan fingerprint density at radius 3 is 3.07 bits per heavy atom. The Balaban J connectivity index is 1.95. The fraction of sp³-hybridized carbons (Fsp3) is 0.500. The summed E-state index contributed by atoms with van der Waals surface area (Å²) in [5.74, 6) is 1.12. The van der Waals surface area contributed by atoms with E-state index in [9.17, 15) is 5.11 Å². The van der Waals surface area contributed by atoms with Gasteiger partial charge in [0.1, 0.15) is 5.75 Å². The van der Waals surface area contributed by atoms with Crippen LogP contribution < -0.4 is 5.32 Å². The van der Waals surface area contributed by atoms with Crippen LogP contribution in [0.1, 0.15) is 18.4 Å². The van der Waals surface area contributed by atoms with Crippen molar-refractivity contribution in [1.82, 2.24) is 5.32 Å². The first kappa shape index (κ1) is 9.53. The summed E-state index contributed by atoms with van der Waals surface area (Å²) in [6, 6.07) is 7.60. The third-order valence-corrected chi connectivity index (χ3v) is 2.83. The molecule has 2 heteroatoms. The maximum atomic E-state index is 9.33. The van der Waals surface area contributed by atoms with E-state index in [4.69, 9.17) is 0 Å². The van der Waals surface area contributed by atoms with E-state index in [1.807, 2.05) is 12.1 Å². The SMILES string of the molecule is Oc1cccc(C[C@@H]2CCCNC2)c1. The van der Waals surface area contributed by atoms with Crippen molar-refractivity contribution in [2.75, 3.05) is 13.1 Å². The second-order valence-corrected chi connectivity index (χ2v) is 4.09. The number of benzene rings is 1. The van der Waals surface area contributed by atoms with Gasteiger partial charge in [-0.05, 0) is 56.0 Å². The van der Waals surface area contributed by atoms with Crippen molar-refractivity contribution in [3.05, 3.63) is 29.8 Å². The van der Waals surface area contributed by atoms with E-state index in [-0.39, 0.29) is 0 Å². The van der Waals surface area contributed by atoms with Gasteiger partial charge in [0.25, 0.3) is 0 Å². The molecule has 1 heterocycles. The standard InChI is InChI=1S/C12H17NO/c14-12-5-1-3-10(8-12)7-11-4-2-6-13-9-11/h1,3,5,8,11,13-14H,2,4,6-7,9H2/t11-/m0/s1. The molecule has 1 fully saturated rings. The fourth-order valence-electron chi connectivity index (χ4n) is 2.11. The van der Waals surface area contributed by atoms with Crippen LogP contribution in [0.2, 0.25) is 0 Å². The van der Waals surface area contributed by atoms with E-state index >= 15 is 0 Å². The lowest BCUT2D eigenvalue weighted by molar-refractivity contribution is 0.375. The van der Waals surface area contributed by atoms with Crippen LogP contribution in [-0.2, 0) is 6.42 Å². The van der Waals surface area contributed by atoms with Crippen LogP contribution in [0.25, 0.3) is 0 Å². The monoisotopic (exact) mass is 191 g/mol. The molecule has 0 unspecified atom stereocenters. The summed E-state index contributed by atoms with van der Waals surface area (Å²) in [5, 5.41) is 12.7. The van der Waals surface area contributed by atoms with Gasteiger partial charge >= 0.3 is 0 Å². The summed E-state index contributed by atoms with van der Waals surface area (Å²) in [5.41, 5.74) is 1.25. The van der Waals surface area contributed by atoms with Gasteiger partial charge in [-0.3, -0.25) is 0 Å². The first-order chi connectivity index (χ1) is 6.84. The molecule has 2 rings (SSSR count). The zero-order valence-electron chi connectivity index (χ0n) is 8.37. The first-order valence-electron chi connectivity index (χ1n) is 5.33. The van der Waals surface area contributed by atoms with E-state index in [0.29, 0.717) is 5.75 Å². The predicted octanol–water partition coefficient (Wildman–Crippen LogP) is 1.93. The van der Waals surface area contributed by atoms with Gasteiger partial charge in [-0.15, -0.1) is 0 Å². The number of piperidine rings is 1. The van der Waals surface area contributed by atoms with Gasteiger partial charge in [0.05, 0.1) is 0 Å². The molecule has 2 nitrogen and oxygen atoms in total. The number of nitrogens with one attached hydrogen (secondary N) is 1. The number of phenols is 1. The van der Waals surface area contributed by atoms with Gasteiger partial charge in [0.2, 0.25) is 0 Å². The average Bonchev–Trinajstić information content (AvgIpc) is 2.19. The molecule has 1 aromatic rings. The first-order valence-corrected chi connectivity index (χ1v) is 5.33. The minimum absolute atomic E-state index is 0.381. The number of phenolic OH excluding ortho intramolecular Hbond substituents is 1. The zero-order chi connectivity index (χ0) is 9.80. The molecule has 1 aliphatic heterocycles. The van der Waals surface area contributed by atoms with Crippen molar-refractivity contribution in [1.29, 1.82) is 0 Å². The third kappa shape index (κ3) is 2.48. The largest absolute Gasteiger partial charge is 0.508 e. The Kier molecular flexibility index (Phi) is 3.04. The fourth-order valence-corrected chi connectivity index (χ4v) is 2.11. The van der Waals surface area contributed by atoms with Crippen LogP contribution in [0.3, 0.4) is 0 Å². The summed E-state index contributed by atoms with van der Waals surface area (Å²) in [6.45, 7) is 2.28. The van der Waals surface area contributed by atoms with Crippen LogP contribution in [0.4, 0.5) is 0 Å².